The van der Waals surface area contributed by atoms with Gasteiger partial charge >= 0.3 is 0 Å². The van der Waals surface area contributed by atoms with Gasteiger partial charge in [-0.25, -0.2) is 8.78 Å². The third kappa shape index (κ3) is 5.97. The predicted octanol–water partition coefficient (Wildman–Crippen LogP) is 4.38. The smallest absolute Gasteiger partial charge is 0.164 e. The Morgan fingerprint density at radius 3 is 2.55 bits per heavy atom. The minimum absolute atomic E-state index is 0.00463. The fourth-order valence-electron chi connectivity index (χ4n) is 2.05. The van der Waals surface area contributed by atoms with Crippen molar-refractivity contribution in [2.45, 2.75) is 51.6 Å². The van der Waals surface area contributed by atoms with E-state index in [9.17, 15) is 13.9 Å². The van der Waals surface area contributed by atoms with E-state index in [1.807, 2.05) is 0 Å². The van der Waals surface area contributed by atoms with Crippen LogP contribution < -0.4 is 0 Å². The van der Waals surface area contributed by atoms with Gasteiger partial charge < -0.3 is 9.84 Å². The van der Waals surface area contributed by atoms with Crippen molar-refractivity contribution >= 4 is 0 Å². The average Bonchev–Trinajstić information content (AvgIpc) is 2.44. The molecule has 1 N–H and O–H groups in total. The number of hydrogen-bond acceptors (Lipinski definition) is 2. The van der Waals surface area contributed by atoms with E-state index < -0.39 is 17.7 Å². The molecule has 0 aliphatic rings. The van der Waals surface area contributed by atoms with E-state index in [1.165, 1.54) is 37.8 Å². The molecule has 0 aliphatic heterocycles. The monoisotopic (exact) mass is 286 g/mol. The van der Waals surface area contributed by atoms with Crippen LogP contribution in [0.15, 0.2) is 18.2 Å². The highest BCUT2D eigenvalue weighted by atomic mass is 19.2. The summed E-state index contributed by atoms with van der Waals surface area (Å²) in [6.45, 7) is 2.71. The van der Waals surface area contributed by atoms with Crippen molar-refractivity contribution in [3.63, 3.8) is 0 Å². The summed E-state index contributed by atoms with van der Waals surface area (Å²) in [5.74, 6) is -1.94. The van der Waals surface area contributed by atoms with E-state index >= 15 is 0 Å². The van der Waals surface area contributed by atoms with Gasteiger partial charge in [0.15, 0.2) is 11.6 Å². The lowest BCUT2D eigenvalue weighted by atomic mass is 10.1. The SMILES string of the molecule is CCCCCCCCOCC(O)c1cccc(F)c1F. The first-order valence-corrected chi connectivity index (χ1v) is 7.36. The second kappa shape index (κ2) is 9.83. The first-order valence-electron chi connectivity index (χ1n) is 7.36. The van der Waals surface area contributed by atoms with Crippen LogP contribution in [0.3, 0.4) is 0 Å². The number of halogens is 2. The molecule has 114 valence electrons. The van der Waals surface area contributed by atoms with Crippen molar-refractivity contribution in [3.05, 3.63) is 35.4 Å². The standard InChI is InChI=1S/C16H24F2O2/c1-2-3-4-5-6-7-11-20-12-15(19)13-9-8-10-14(17)16(13)18/h8-10,15,19H,2-7,11-12H2,1H3. The molecule has 1 aromatic rings. The van der Waals surface area contributed by atoms with Crippen LogP contribution in [0.25, 0.3) is 0 Å². The number of unbranched alkanes of at least 4 members (excludes halogenated alkanes) is 5. The van der Waals surface area contributed by atoms with Crippen LogP contribution in [-0.2, 0) is 4.74 Å². The molecule has 1 unspecified atom stereocenters. The van der Waals surface area contributed by atoms with Crippen molar-refractivity contribution in [1.82, 2.24) is 0 Å². The third-order valence-corrected chi connectivity index (χ3v) is 3.26. The zero-order chi connectivity index (χ0) is 14.8. The maximum Gasteiger partial charge on any atom is 0.164 e. The van der Waals surface area contributed by atoms with Crippen molar-refractivity contribution in [2.75, 3.05) is 13.2 Å². The zero-order valence-electron chi connectivity index (χ0n) is 12.1. The number of rotatable bonds is 10. The Hall–Kier alpha value is -1.00. The quantitative estimate of drug-likeness (QED) is 0.647. The Kier molecular flexibility index (Phi) is 8.38. The van der Waals surface area contributed by atoms with Gasteiger partial charge in [0.25, 0.3) is 0 Å². The van der Waals surface area contributed by atoms with E-state index in [-0.39, 0.29) is 12.2 Å². The van der Waals surface area contributed by atoms with Gasteiger partial charge in [0.2, 0.25) is 0 Å². The fourth-order valence-corrected chi connectivity index (χ4v) is 2.05. The number of aliphatic hydroxyl groups excluding tert-OH is 1. The maximum atomic E-state index is 13.4. The van der Waals surface area contributed by atoms with E-state index in [0.717, 1.165) is 18.9 Å². The lowest BCUT2D eigenvalue weighted by Crippen LogP contribution is -2.10. The number of benzene rings is 1. The molecular weight excluding hydrogens is 262 g/mol. The lowest BCUT2D eigenvalue weighted by molar-refractivity contribution is 0.0324. The molecule has 0 aromatic heterocycles. The van der Waals surface area contributed by atoms with Crippen molar-refractivity contribution < 1.29 is 18.6 Å². The van der Waals surface area contributed by atoms with Crippen LogP contribution in [0.2, 0.25) is 0 Å². The summed E-state index contributed by atoms with van der Waals surface area (Å²) in [5, 5.41) is 9.77. The van der Waals surface area contributed by atoms with Crippen molar-refractivity contribution in [3.8, 4) is 0 Å². The molecule has 1 aromatic carbocycles. The molecule has 0 radical (unpaired) electrons. The van der Waals surface area contributed by atoms with E-state index in [0.29, 0.717) is 6.61 Å². The Balaban J connectivity index is 2.17. The Morgan fingerprint density at radius 1 is 1.10 bits per heavy atom. The molecule has 2 nitrogen and oxygen atoms in total. The summed E-state index contributed by atoms with van der Waals surface area (Å²) >= 11 is 0. The van der Waals surface area contributed by atoms with Gasteiger partial charge in [-0.3, -0.25) is 0 Å². The molecule has 0 spiro atoms. The summed E-state index contributed by atoms with van der Waals surface area (Å²) in [6.07, 6.45) is 5.84. The topological polar surface area (TPSA) is 29.5 Å². The van der Waals surface area contributed by atoms with Crippen LogP contribution in [0.5, 0.6) is 0 Å². The van der Waals surface area contributed by atoms with Crippen LogP contribution in [0.1, 0.15) is 57.1 Å². The Labute approximate surface area is 119 Å². The molecule has 0 aliphatic carbocycles. The third-order valence-electron chi connectivity index (χ3n) is 3.26. The van der Waals surface area contributed by atoms with Crippen LogP contribution in [0, 0.1) is 11.6 Å². The summed E-state index contributed by atoms with van der Waals surface area (Å²) in [6, 6.07) is 3.78. The van der Waals surface area contributed by atoms with Gasteiger partial charge in [0, 0.05) is 12.2 Å². The van der Waals surface area contributed by atoms with Crippen LogP contribution in [-0.4, -0.2) is 18.3 Å². The number of hydrogen-bond donors (Lipinski definition) is 1. The maximum absolute atomic E-state index is 13.4. The van der Waals surface area contributed by atoms with Gasteiger partial charge in [0.05, 0.1) is 6.61 Å². The van der Waals surface area contributed by atoms with Gasteiger partial charge in [0.1, 0.15) is 6.10 Å². The molecule has 0 saturated heterocycles. The highest BCUT2D eigenvalue weighted by Gasteiger charge is 2.15. The molecule has 4 heteroatoms. The number of ether oxygens (including phenoxy) is 1. The first-order chi connectivity index (χ1) is 9.66. The summed E-state index contributed by atoms with van der Waals surface area (Å²) < 4.78 is 31.7. The molecule has 0 heterocycles. The highest BCUT2D eigenvalue weighted by Crippen LogP contribution is 2.19. The van der Waals surface area contributed by atoms with Crippen molar-refractivity contribution in [2.24, 2.45) is 0 Å². The van der Waals surface area contributed by atoms with Crippen LogP contribution in [0.4, 0.5) is 8.78 Å². The molecule has 1 rings (SSSR count). The van der Waals surface area contributed by atoms with E-state index in [1.54, 1.807) is 0 Å². The Morgan fingerprint density at radius 2 is 1.80 bits per heavy atom. The van der Waals surface area contributed by atoms with E-state index in [2.05, 4.69) is 6.92 Å². The Bertz CT molecular complexity index is 383. The minimum Gasteiger partial charge on any atom is -0.386 e. The van der Waals surface area contributed by atoms with Gasteiger partial charge in [-0.05, 0) is 12.5 Å². The average molecular weight is 286 g/mol. The fraction of sp³-hybridized carbons (Fsp3) is 0.625. The summed E-state index contributed by atoms with van der Waals surface area (Å²) in [4.78, 5) is 0. The molecule has 1 atom stereocenters. The van der Waals surface area contributed by atoms with Gasteiger partial charge in [-0.1, -0.05) is 51.2 Å². The summed E-state index contributed by atoms with van der Waals surface area (Å²) in [5.41, 5.74) is -0.0482. The number of aliphatic hydroxyl groups is 1. The van der Waals surface area contributed by atoms with Crippen LogP contribution >= 0.6 is 0 Å². The molecule has 0 amide bonds. The largest absolute Gasteiger partial charge is 0.386 e. The van der Waals surface area contributed by atoms with Crippen molar-refractivity contribution in [1.29, 1.82) is 0 Å². The molecule has 0 saturated carbocycles. The van der Waals surface area contributed by atoms with E-state index in [4.69, 9.17) is 4.74 Å². The predicted molar refractivity (Wildman–Crippen MR) is 75.5 cm³/mol. The second-order valence-corrected chi connectivity index (χ2v) is 5.00. The molecule has 0 fully saturated rings. The molecule has 20 heavy (non-hydrogen) atoms. The first kappa shape index (κ1) is 17.1. The highest BCUT2D eigenvalue weighted by molar-refractivity contribution is 5.21. The minimum atomic E-state index is -1.12. The molecule has 0 bridgehead atoms. The second-order valence-electron chi connectivity index (χ2n) is 5.00. The lowest BCUT2D eigenvalue weighted by Gasteiger charge is -2.12. The summed E-state index contributed by atoms with van der Waals surface area (Å²) in [7, 11) is 0. The normalized spacial score (nSPS) is 12.6. The zero-order valence-corrected chi connectivity index (χ0v) is 12.1. The van der Waals surface area contributed by atoms with Gasteiger partial charge in [-0.15, -0.1) is 0 Å². The molecular formula is C16H24F2O2. The van der Waals surface area contributed by atoms with Gasteiger partial charge in [-0.2, -0.15) is 0 Å².